The van der Waals surface area contributed by atoms with Crippen molar-refractivity contribution in [2.45, 2.75) is 25.8 Å². The predicted octanol–water partition coefficient (Wildman–Crippen LogP) is 2.72. The molecule has 0 amide bonds. The van der Waals surface area contributed by atoms with E-state index in [9.17, 15) is 0 Å². The Hall–Kier alpha value is -1.33. The second kappa shape index (κ2) is 6.73. The molecule has 102 valence electrons. The normalized spacial score (nSPS) is 12.6. The highest BCUT2D eigenvalue weighted by Crippen LogP contribution is 2.16. The molecule has 0 saturated heterocycles. The van der Waals surface area contributed by atoms with E-state index in [0.717, 1.165) is 12.2 Å². The van der Waals surface area contributed by atoms with Crippen molar-refractivity contribution in [1.82, 2.24) is 10.1 Å². The number of aromatic nitrogens is 2. The summed E-state index contributed by atoms with van der Waals surface area (Å²) in [5.41, 5.74) is 8.46. The Morgan fingerprint density at radius 3 is 2.89 bits per heavy atom. The number of nitrogens with zero attached hydrogens (tertiary/aromatic N) is 2. The van der Waals surface area contributed by atoms with Crippen molar-refractivity contribution in [3.05, 3.63) is 47.1 Å². The van der Waals surface area contributed by atoms with E-state index < -0.39 is 0 Å². The third kappa shape index (κ3) is 3.81. The van der Waals surface area contributed by atoms with Gasteiger partial charge in [0.05, 0.1) is 6.04 Å². The van der Waals surface area contributed by atoms with E-state index in [0.29, 0.717) is 18.1 Å². The van der Waals surface area contributed by atoms with E-state index in [1.165, 1.54) is 11.1 Å². The van der Waals surface area contributed by atoms with Crippen molar-refractivity contribution in [3.8, 4) is 0 Å². The number of rotatable bonds is 6. The van der Waals surface area contributed by atoms with Crippen LogP contribution in [0.5, 0.6) is 0 Å². The van der Waals surface area contributed by atoms with E-state index >= 15 is 0 Å². The largest absolute Gasteiger partial charge is 0.338 e. The van der Waals surface area contributed by atoms with Crippen molar-refractivity contribution in [2.75, 3.05) is 12.0 Å². The molecule has 1 aromatic carbocycles. The summed E-state index contributed by atoms with van der Waals surface area (Å²) in [5.74, 6) is 2.23. The minimum absolute atomic E-state index is 0.162. The molecule has 1 atom stereocenters. The van der Waals surface area contributed by atoms with Crippen LogP contribution in [0.25, 0.3) is 0 Å². The van der Waals surface area contributed by atoms with E-state index in [1.54, 1.807) is 11.8 Å². The summed E-state index contributed by atoms with van der Waals surface area (Å²) in [6.45, 7) is 2.08. The molecule has 0 radical (unpaired) electrons. The van der Waals surface area contributed by atoms with Crippen LogP contribution in [0.15, 0.2) is 28.8 Å². The highest BCUT2D eigenvalue weighted by Gasteiger charge is 2.14. The number of aryl methyl sites for hydroxylation is 1. The number of hydrogen-bond acceptors (Lipinski definition) is 5. The second-order valence-corrected chi connectivity index (χ2v) is 5.53. The molecule has 0 aliphatic heterocycles. The number of hydrogen-bond donors (Lipinski definition) is 1. The molecule has 2 aromatic rings. The maximum absolute atomic E-state index is 6.01. The second-order valence-electron chi connectivity index (χ2n) is 4.54. The Morgan fingerprint density at radius 2 is 2.16 bits per heavy atom. The van der Waals surface area contributed by atoms with Crippen LogP contribution in [-0.4, -0.2) is 22.1 Å². The molecule has 19 heavy (non-hydrogen) atoms. The molecule has 4 nitrogen and oxygen atoms in total. The minimum Gasteiger partial charge on any atom is -0.338 e. The summed E-state index contributed by atoms with van der Waals surface area (Å²) < 4.78 is 5.24. The zero-order valence-electron chi connectivity index (χ0n) is 11.3. The summed E-state index contributed by atoms with van der Waals surface area (Å²) in [5, 5.41) is 4.01. The van der Waals surface area contributed by atoms with Crippen LogP contribution in [-0.2, 0) is 6.42 Å². The van der Waals surface area contributed by atoms with Gasteiger partial charge in [0.1, 0.15) is 0 Å². The Morgan fingerprint density at radius 1 is 1.37 bits per heavy atom. The summed E-state index contributed by atoms with van der Waals surface area (Å²) in [7, 11) is 0. The Labute approximate surface area is 117 Å². The Balaban J connectivity index is 2.03. The maximum Gasteiger partial charge on any atom is 0.243 e. The van der Waals surface area contributed by atoms with Crippen LogP contribution in [0.3, 0.4) is 0 Å². The molecule has 5 heteroatoms. The van der Waals surface area contributed by atoms with Crippen molar-refractivity contribution in [3.63, 3.8) is 0 Å². The van der Waals surface area contributed by atoms with E-state index in [2.05, 4.69) is 35.5 Å². The predicted molar refractivity (Wildman–Crippen MR) is 78.2 cm³/mol. The first-order valence-electron chi connectivity index (χ1n) is 6.32. The molecule has 1 aromatic heterocycles. The molecule has 0 fully saturated rings. The standard InChI is InChI=1S/C14H19N3OS/c1-10-5-3-4-6-11(10)9-13-16-14(18-17-13)12(15)7-8-19-2/h3-6,12H,7-9,15H2,1-2H3. The van der Waals surface area contributed by atoms with Crippen LogP contribution in [0.1, 0.15) is 35.3 Å². The zero-order chi connectivity index (χ0) is 13.7. The van der Waals surface area contributed by atoms with Gasteiger partial charge < -0.3 is 10.3 Å². The molecule has 1 heterocycles. The first kappa shape index (κ1) is 14.1. The van der Waals surface area contributed by atoms with Crippen LogP contribution >= 0.6 is 11.8 Å². The van der Waals surface area contributed by atoms with Gasteiger partial charge in [-0.3, -0.25) is 0 Å². The average Bonchev–Trinajstić information content (AvgIpc) is 2.87. The van der Waals surface area contributed by atoms with Crippen LogP contribution in [0.4, 0.5) is 0 Å². The fraction of sp³-hybridized carbons (Fsp3) is 0.429. The minimum atomic E-state index is -0.162. The molecule has 0 aliphatic rings. The third-order valence-corrected chi connectivity index (χ3v) is 3.69. The van der Waals surface area contributed by atoms with Crippen LogP contribution in [0.2, 0.25) is 0 Å². The van der Waals surface area contributed by atoms with Crippen molar-refractivity contribution in [1.29, 1.82) is 0 Å². The van der Waals surface area contributed by atoms with Gasteiger partial charge in [0, 0.05) is 6.42 Å². The number of nitrogens with two attached hydrogens (primary N) is 1. The Kier molecular flexibility index (Phi) is 4.99. The van der Waals surface area contributed by atoms with Gasteiger partial charge in [-0.15, -0.1) is 0 Å². The van der Waals surface area contributed by atoms with Crippen molar-refractivity contribution >= 4 is 11.8 Å². The molecular formula is C14H19N3OS. The molecular weight excluding hydrogens is 258 g/mol. The lowest BCUT2D eigenvalue weighted by Crippen LogP contribution is -2.11. The highest BCUT2D eigenvalue weighted by atomic mass is 32.2. The molecule has 0 spiro atoms. The fourth-order valence-corrected chi connectivity index (χ4v) is 2.33. The molecule has 0 saturated carbocycles. The topological polar surface area (TPSA) is 64.9 Å². The fourth-order valence-electron chi connectivity index (χ4n) is 1.84. The van der Waals surface area contributed by atoms with Gasteiger partial charge >= 0.3 is 0 Å². The average molecular weight is 277 g/mol. The molecule has 1 unspecified atom stereocenters. The molecule has 0 aliphatic carbocycles. The van der Waals surface area contributed by atoms with Crippen LogP contribution < -0.4 is 5.73 Å². The number of thioether (sulfide) groups is 1. The van der Waals surface area contributed by atoms with Crippen molar-refractivity contribution < 1.29 is 4.52 Å². The molecule has 2 N–H and O–H groups in total. The zero-order valence-corrected chi connectivity index (χ0v) is 12.1. The monoisotopic (exact) mass is 277 g/mol. The van der Waals surface area contributed by atoms with Gasteiger partial charge in [-0.2, -0.15) is 16.7 Å². The van der Waals surface area contributed by atoms with Gasteiger partial charge in [-0.1, -0.05) is 29.4 Å². The first-order valence-corrected chi connectivity index (χ1v) is 7.71. The molecule has 2 rings (SSSR count). The molecule has 0 bridgehead atoms. The third-order valence-electron chi connectivity index (χ3n) is 3.04. The van der Waals surface area contributed by atoms with Crippen molar-refractivity contribution in [2.24, 2.45) is 5.73 Å². The van der Waals surface area contributed by atoms with E-state index in [-0.39, 0.29) is 6.04 Å². The van der Waals surface area contributed by atoms with E-state index in [4.69, 9.17) is 10.3 Å². The van der Waals surface area contributed by atoms with Gasteiger partial charge in [-0.05, 0) is 36.5 Å². The summed E-state index contributed by atoms with van der Waals surface area (Å²) in [6, 6.07) is 8.05. The van der Waals surface area contributed by atoms with Gasteiger partial charge in [0.2, 0.25) is 5.89 Å². The quantitative estimate of drug-likeness (QED) is 0.879. The van der Waals surface area contributed by atoms with Crippen LogP contribution in [0, 0.1) is 6.92 Å². The highest BCUT2D eigenvalue weighted by molar-refractivity contribution is 7.98. The first-order chi connectivity index (χ1) is 9.20. The summed E-state index contributed by atoms with van der Waals surface area (Å²) in [6.07, 6.45) is 3.60. The van der Waals surface area contributed by atoms with Gasteiger partial charge in [0.25, 0.3) is 0 Å². The summed E-state index contributed by atoms with van der Waals surface area (Å²) >= 11 is 1.77. The van der Waals surface area contributed by atoms with E-state index in [1.807, 2.05) is 12.1 Å². The summed E-state index contributed by atoms with van der Waals surface area (Å²) in [4.78, 5) is 4.39. The van der Waals surface area contributed by atoms with Gasteiger partial charge in [-0.25, -0.2) is 0 Å². The lowest BCUT2D eigenvalue weighted by Gasteiger charge is -2.04. The smallest absolute Gasteiger partial charge is 0.243 e. The lowest BCUT2D eigenvalue weighted by atomic mass is 10.1. The Bertz CT molecular complexity index is 527. The SMILES string of the molecule is CSCCC(N)c1nc(Cc2ccccc2C)no1. The number of benzene rings is 1. The lowest BCUT2D eigenvalue weighted by molar-refractivity contribution is 0.349. The van der Waals surface area contributed by atoms with Gasteiger partial charge in [0.15, 0.2) is 5.82 Å². The maximum atomic E-state index is 6.01.